The first-order valence-electron chi connectivity index (χ1n) is 10.3. The molecule has 0 radical (unpaired) electrons. The van der Waals surface area contributed by atoms with Crippen molar-refractivity contribution in [2.45, 2.75) is 37.0 Å². The van der Waals surface area contributed by atoms with Crippen LogP contribution < -0.4 is 5.32 Å². The normalized spacial score (nSPS) is 18.2. The van der Waals surface area contributed by atoms with E-state index in [2.05, 4.69) is 20.5 Å². The first-order valence-corrected chi connectivity index (χ1v) is 10.7. The van der Waals surface area contributed by atoms with Gasteiger partial charge in [0.2, 0.25) is 5.91 Å². The smallest absolute Gasteiger partial charge is 0.235 e. The molecular formula is C23H23ClN4O2. The Morgan fingerprint density at radius 3 is 2.43 bits per heavy atom. The summed E-state index contributed by atoms with van der Waals surface area (Å²) in [5, 5.41) is 11.1. The lowest BCUT2D eigenvalue weighted by Gasteiger charge is -2.36. The molecule has 1 saturated heterocycles. The van der Waals surface area contributed by atoms with Crippen LogP contribution in [0.15, 0.2) is 48.5 Å². The molecule has 6 nitrogen and oxygen atoms in total. The summed E-state index contributed by atoms with van der Waals surface area (Å²) >= 11 is 6.06. The molecule has 154 valence electrons. The lowest BCUT2D eigenvalue weighted by atomic mass is 9.73. The third kappa shape index (κ3) is 3.73. The minimum Gasteiger partial charge on any atom is -0.381 e. The van der Waals surface area contributed by atoms with Crippen molar-refractivity contribution in [2.24, 2.45) is 0 Å². The first-order chi connectivity index (χ1) is 14.6. The third-order valence-electron chi connectivity index (χ3n) is 6.05. The van der Waals surface area contributed by atoms with Crippen LogP contribution in [0.5, 0.6) is 0 Å². The maximum atomic E-state index is 13.4. The SMILES string of the molecule is O=C(Nc1ccc(-c2n[nH]c(C3CC3)n2)cc1)C1(c2ccc(Cl)cc2)CCOCC1. The number of hydrogen-bond acceptors (Lipinski definition) is 4. The van der Waals surface area contributed by atoms with Crippen molar-refractivity contribution < 1.29 is 9.53 Å². The number of nitrogens with one attached hydrogen (secondary N) is 2. The van der Waals surface area contributed by atoms with Crippen LogP contribution in [0.4, 0.5) is 5.69 Å². The second-order valence-electron chi connectivity index (χ2n) is 8.05. The predicted molar refractivity (Wildman–Crippen MR) is 116 cm³/mol. The Morgan fingerprint density at radius 2 is 1.77 bits per heavy atom. The molecule has 2 heterocycles. The van der Waals surface area contributed by atoms with Gasteiger partial charge in [-0.1, -0.05) is 23.7 Å². The summed E-state index contributed by atoms with van der Waals surface area (Å²) in [6.45, 7) is 1.12. The molecule has 7 heteroatoms. The monoisotopic (exact) mass is 422 g/mol. The molecule has 1 aliphatic carbocycles. The molecule has 3 aromatic rings. The zero-order valence-electron chi connectivity index (χ0n) is 16.5. The van der Waals surface area contributed by atoms with Gasteiger partial charge >= 0.3 is 0 Å². The highest BCUT2D eigenvalue weighted by atomic mass is 35.5. The number of H-pyrrole nitrogens is 1. The van der Waals surface area contributed by atoms with Gasteiger partial charge in [-0.15, -0.1) is 0 Å². The van der Waals surface area contributed by atoms with Gasteiger partial charge in [-0.05, 0) is 67.6 Å². The number of carbonyl (C=O) groups is 1. The number of halogens is 1. The van der Waals surface area contributed by atoms with Gasteiger partial charge in [0, 0.05) is 35.4 Å². The van der Waals surface area contributed by atoms with Gasteiger partial charge < -0.3 is 10.1 Å². The molecular weight excluding hydrogens is 400 g/mol. The molecule has 5 rings (SSSR count). The highest BCUT2D eigenvalue weighted by Gasteiger charge is 2.41. The Kier molecular flexibility index (Phi) is 5.05. The fourth-order valence-electron chi connectivity index (χ4n) is 4.03. The summed E-state index contributed by atoms with van der Waals surface area (Å²) in [7, 11) is 0. The van der Waals surface area contributed by atoms with Crippen molar-refractivity contribution in [2.75, 3.05) is 18.5 Å². The maximum absolute atomic E-state index is 13.4. The first kappa shape index (κ1) is 19.3. The van der Waals surface area contributed by atoms with Crippen LogP contribution in [0, 0.1) is 0 Å². The van der Waals surface area contributed by atoms with Crippen LogP contribution >= 0.6 is 11.6 Å². The number of carbonyl (C=O) groups excluding carboxylic acids is 1. The zero-order valence-corrected chi connectivity index (χ0v) is 17.3. The van der Waals surface area contributed by atoms with E-state index in [0.717, 1.165) is 22.6 Å². The lowest BCUT2D eigenvalue weighted by Crippen LogP contribution is -2.44. The number of benzene rings is 2. The van der Waals surface area contributed by atoms with E-state index < -0.39 is 5.41 Å². The number of anilines is 1. The quantitative estimate of drug-likeness (QED) is 0.625. The van der Waals surface area contributed by atoms with Crippen molar-refractivity contribution in [3.63, 3.8) is 0 Å². The van der Waals surface area contributed by atoms with E-state index >= 15 is 0 Å². The van der Waals surface area contributed by atoms with E-state index in [0.29, 0.717) is 42.8 Å². The van der Waals surface area contributed by atoms with Crippen molar-refractivity contribution in [3.05, 3.63) is 64.9 Å². The van der Waals surface area contributed by atoms with E-state index in [1.54, 1.807) is 0 Å². The number of aromatic amines is 1. The maximum Gasteiger partial charge on any atom is 0.235 e. The molecule has 2 N–H and O–H groups in total. The van der Waals surface area contributed by atoms with Crippen LogP contribution in [0.3, 0.4) is 0 Å². The van der Waals surface area contributed by atoms with Crippen LogP contribution in [-0.4, -0.2) is 34.3 Å². The number of hydrogen-bond donors (Lipinski definition) is 2. The molecule has 1 aliphatic heterocycles. The van der Waals surface area contributed by atoms with Crippen LogP contribution in [0.25, 0.3) is 11.4 Å². The van der Waals surface area contributed by atoms with E-state index in [1.165, 1.54) is 12.8 Å². The lowest BCUT2D eigenvalue weighted by molar-refractivity contribution is -0.125. The molecule has 0 bridgehead atoms. The average molecular weight is 423 g/mol. The van der Waals surface area contributed by atoms with Gasteiger partial charge in [0.25, 0.3) is 0 Å². The number of rotatable bonds is 5. The molecule has 1 aromatic heterocycles. The van der Waals surface area contributed by atoms with E-state index in [9.17, 15) is 4.79 Å². The highest BCUT2D eigenvalue weighted by molar-refractivity contribution is 6.30. The zero-order chi connectivity index (χ0) is 20.6. The van der Waals surface area contributed by atoms with Gasteiger partial charge in [0.15, 0.2) is 5.82 Å². The Morgan fingerprint density at radius 1 is 1.07 bits per heavy atom. The molecule has 2 aliphatic rings. The Bertz CT molecular complexity index is 1040. The molecule has 1 saturated carbocycles. The van der Waals surface area contributed by atoms with Gasteiger partial charge in [0.05, 0.1) is 5.41 Å². The van der Waals surface area contributed by atoms with E-state index in [-0.39, 0.29) is 5.91 Å². The highest BCUT2D eigenvalue weighted by Crippen LogP contribution is 2.39. The largest absolute Gasteiger partial charge is 0.381 e. The molecule has 2 fully saturated rings. The predicted octanol–water partition coefficient (Wildman–Crippen LogP) is 4.69. The van der Waals surface area contributed by atoms with Crippen LogP contribution in [0.2, 0.25) is 5.02 Å². The summed E-state index contributed by atoms with van der Waals surface area (Å²) < 4.78 is 5.54. The van der Waals surface area contributed by atoms with Gasteiger partial charge in [-0.2, -0.15) is 5.10 Å². The van der Waals surface area contributed by atoms with Crippen molar-refractivity contribution in [1.82, 2.24) is 15.2 Å². The average Bonchev–Trinajstić information content (AvgIpc) is 3.52. The Labute approximate surface area is 180 Å². The molecule has 0 unspecified atom stereocenters. The minimum atomic E-state index is -0.621. The summed E-state index contributed by atoms with van der Waals surface area (Å²) in [4.78, 5) is 18.0. The fraction of sp³-hybridized carbons (Fsp3) is 0.348. The molecule has 0 atom stereocenters. The number of ether oxygens (including phenoxy) is 1. The van der Waals surface area contributed by atoms with Crippen LogP contribution in [0.1, 0.15) is 43.0 Å². The summed E-state index contributed by atoms with van der Waals surface area (Å²) in [6.07, 6.45) is 3.64. The second kappa shape index (κ2) is 7.85. The van der Waals surface area contributed by atoms with Crippen molar-refractivity contribution in [3.8, 4) is 11.4 Å². The Balaban J connectivity index is 1.35. The molecule has 2 aromatic carbocycles. The van der Waals surface area contributed by atoms with Crippen molar-refractivity contribution in [1.29, 1.82) is 0 Å². The minimum absolute atomic E-state index is 0.0187. The van der Waals surface area contributed by atoms with E-state index in [4.69, 9.17) is 16.3 Å². The fourth-order valence-corrected chi connectivity index (χ4v) is 4.16. The summed E-state index contributed by atoms with van der Waals surface area (Å²) in [6, 6.07) is 15.2. The third-order valence-corrected chi connectivity index (χ3v) is 6.30. The summed E-state index contributed by atoms with van der Waals surface area (Å²) in [5.41, 5.74) is 2.03. The number of amides is 1. The topological polar surface area (TPSA) is 79.9 Å². The van der Waals surface area contributed by atoms with Gasteiger partial charge in [0.1, 0.15) is 5.82 Å². The molecule has 0 spiro atoms. The standard InChI is InChI=1S/C23H23ClN4O2/c24-18-7-5-17(6-8-18)23(11-13-30-14-12-23)22(29)25-19-9-3-16(4-10-19)21-26-20(27-28-21)15-1-2-15/h3-10,15H,1-2,11-14H2,(H,25,29)(H,26,27,28). The number of aromatic nitrogens is 3. The van der Waals surface area contributed by atoms with Crippen molar-refractivity contribution >= 4 is 23.2 Å². The second-order valence-corrected chi connectivity index (χ2v) is 8.49. The summed E-state index contributed by atoms with van der Waals surface area (Å²) in [5.74, 6) is 2.17. The van der Waals surface area contributed by atoms with Gasteiger partial charge in [-0.3, -0.25) is 9.89 Å². The number of nitrogens with zero attached hydrogens (tertiary/aromatic N) is 2. The molecule has 30 heavy (non-hydrogen) atoms. The molecule has 1 amide bonds. The van der Waals surface area contributed by atoms with Crippen LogP contribution in [-0.2, 0) is 14.9 Å². The Hall–Kier alpha value is -2.70. The van der Waals surface area contributed by atoms with E-state index in [1.807, 2.05) is 48.5 Å². The van der Waals surface area contributed by atoms with Gasteiger partial charge in [-0.25, -0.2) is 4.98 Å².